The molecule has 3 N–H and O–H groups in total. The van der Waals surface area contributed by atoms with Crippen molar-refractivity contribution < 1.29 is 32.4 Å². The molecule has 13 nitrogen and oxygen atoms in total. The van der Waals surface area contributed by atoms with Crippen LogP contribution in [0, 0.1) is 0 Å². The lowest BCUT2D eigenvalue weighted by atomic mass is 9.84. The van der Waals surface area contributed by atoms with Crippen LogP contribution in [-0.4, -0.2) is 70.8 Å². The molecule has 2 atom stereocenters. The first-order valence-corrected chi connectivity index (χ1v) is 18.6. The predicted octanol–water partition coefficient (Wildman–Crippen LogP) is 5.36. The number of methoxy groups -OCH3 is 1. The highest BCUT2D eigenvalue weighted by molar-refractivity contribution is 7.89. The SMILES string of the molecule is COC(=O)N[C@H](C(=O)Nc1cccnc1CC[C@@H](CO)N(Cc1cnoc1)S(=O)(=O)c1ccc2ncsc2c1)C(c1ccccc1)c1ccccc1. The number of fused-ring (bicyclic) bond motifs is 1. The smallest absolute Gasteiger partial charge is 0.407 e. The van der Waals surface area contributed by atoms with Gasteiger partial charge in [-0.25, -0.2) is 18.2 Å². The number of hydrogen-bond donors (Lipinski definition) is 3. The van der Waals surface area contributed by atoms with E-state index in [-0.39, 0.29) is 24.3 Å². The molecule has 268 valence electrons. The Labute approximate surface area is 304 Å². The molecule has 6 aromatic rings. The molecule has 0 aliphatic carbocycles. The number of nitrogens with one attached hydrogen (secondary N) is 2. The zero-order chi connectivity index (χ0) is 36.5. The summed E-state index contributed by atoms with van der Waals surface area (Å²) in [6, 6.07) is 24.8. The number of sulfonamides is 1. The molecule has 0 saturated heterocycles. The van der Waals surface area contributed by atoms with Crippen molar-refractivity contribution in [3.05, 3.63) is 138 Å². The van der Waals surface area contributed by atoms with Gasteiger partial charge in [0, 0.05) is 30.3 Å². The normalized spacial score (nSPS) is 12.8. The lowest BCUT2D eigenvalue weighted by Crippen LogP contribution is -2.48. The number of aliphatic hydroxyl groups excluding tert-OH is 1. The van der Waals surface area contributed by atoms with E-state index >= 15 is 0 Å². The molecule has 0 bridgehead atoms. The number of thiazole rings is 1. The topological polar surface area (TPSA) is 177 Å². The average Bonchev–Trinajstić information content (AvgIpc) is 3.88. The molecule has 3 aromatic carbocycles. The van der Waals surface area contributed by atoms with Crippen LogP contribution in [0.5, 0.6) is 0 Å². The van der Waals surface area contributed by atoms with Crippen LogP contribution in [0.4, 0.5) is 10.5 Å². The number of carbonyl (C=O) groups excluding carboxylic acids is 2. The Morgan fingerprint density at radius 3 is 2.37 bits per heavy atom. The number of alkyl carbamates (subject to hydrolysis) is 1. The van der Waals surface area contributed by atoms with Gasteiger partial charge in [-0.1, -0.05) is 65.8 Å². The summed E-state index contributed by atoms with van der Waals surface area (Å²) in [6.45, 7) is -0.604. The molecule has 0 fully saturated rings. The lowest BCUT2D eigenvalue weighted by molar-refractivity contribution is -0.118. The summed E-state index contributed by atoms with van der Waals surface area (Å²) in [6.07, 6.45) is 3.89. The minimum absolute atomic E-state index is 0.0560. The fourth-order valence-corrected chi connectivity index (χ4v) is 8.45. The molecule has 0 aliphatic heterocycles. The highest BCUT2D eigenvalue weighted by atomic mass is 32.2. The number of benzene rings is 3. The van der Waals surface area contributed by atoms with E-state index in [4.69, 9.17) is 9.26 Å². The van der Waals surface area contributed by atoms with Gasteiger partial charge in [-0.15, -0.1) is 11.3 Å². The fraction of sp³-hybridized carbons (Fsp3) is 0.216. The van der Waals surface area contributed by atoms with E-state index < -0.39 is 46.6 Å². The van der Waals surface area contributed by atoms with E-state index in [1.165, 1.54) is 41.3 Å². The average molecular weight is 741 g/mol. The van der Waals surface area contributed by atoms with Crippen molar-refractivity contribution in [1.82, 2.24) is 24.7 Å². The van der Waals surface area contributed by atoms with Gasteiger partial charge in [0.05, 0.1) is 51.9 Å². The van der Waals surface area contributed by atoms with Gasteiger partial charge in [0.15, 0.2) is 0 Å². The Hall–Kier alpha value is -5.48. The number of carbonyl (C=O) groups is 2. The molecule has 0 aliphatic rings. The number of aryl methyl sites for hydroxylation is 1. The van der Waals surface area contributed by atoms with Crippen LogP contribution in [0.15, 0.2) is 125 Å². The standard InChI is InChI=1S/C37H36N6O7S2/c1-49-37(46)42-35(34(26-9-4-2-5-10-26)27-11-6-3-7-12-27)36(45)41-31-13-8-18-38-30(31)16-14-28(22-44)43(21-25-20-40-50-23-25)52(47,48)29-15-17-32-33(19-29)51-24-39-32/h2-13,15,17-20,23-24,28,34-35,44H,14,16,21-22H2,1H3,(H,41,45)(H,42,46)/t28-,35-/m0/s1. The summed E-state index contributed by atoms with van der Waals surface area (Å²) in [5.41, 5.74) is 5.24. The molecule has 52 heavy (non-hydrogen) atoms. The second kappa shape index (κ2) is 16.7. The molecule has 0 spiro atoms. The first-order valence-electron chi connectivity index (χ1n) is 16.3. The van der Waals surface area contributed by atoms with E-state index in [9.17, 15) is 23.1 Å². The summed E-state index contributed by atoms with van der Waals surface area (Å²) in [5, 5.41) is 20.0. The van der Waals surface area contributed by atoms with Crippen LogP contribution in [-0.2, 0) is 32.5 Å². The van der Waals surface area contributed by atoms with Crippen molar-refractivity contribution in [1.29, 1.82) is 0 Å². The monoisotopic (exact) mass is 740 g/mol. The minimum Gasteiger partial charge on any atom is -0.453 e. The molecule has 0 unspecified atom stereocenters. The van der Waals surface area contributed by atoms with Crippen molar-refractivity contribution >= 4 is 49.3 Å². The van der Waals surface area contributed by atoms with E-state index in [0.717, 1.165) is 11.1 Å². The summed E-state index contributed by atoms with van der Waals surface area (Å²) >= 11 is 1.33. The molecular formula is C37H36N6O7S2. The summed E-state index contributed by atoms with van der Waals surface area (Å²) in [7, 11) is -2.91. The maximum Gasteiger partial charge on any atom is 0.407 e. The van der Waals surface area contributed by atoms with Gasteiger partial charge in [0.2, 0.25) is 15.9 Å². The Kier molecular flexibility index (Phi) is 11.7. The van der Waals surface area contributed by atoms with Gasteiger partial charge >= 0.3 is 6.09 Å². The van der Waals surface area contributed by atoms with E-state index in [2.05, 4.69) is 25.8 Å². The van der Waals surface area contributed by atoms with Crippen LogP contribution >= 0.6 is 11.3 Å². The van der Waals surface area contributed by atoms with E-state index in [0.29, 0.717) is 27.2 Å². The Morgan fingerprint density at radius 1 is 0.981 bits per heavy atom. The molecule has 3 heterocycles. The first kappa shape index (κ1) is 36.3. The first-order chi connectivity index (χ1) is 25.3. The van der Waals surface area contributed by atoms with E-state index in [1.807, 2.05) is 60.7 Å². The van der Waals surface area contributed by atoms with Crippen LogP contribution in [0.3, 0.4) is 0 Å². The number of hydrogen-bond acceptors (Lipinski definition) is 11. The molecule has 0 radical (unpaired) electrons. The molecule has 6 rings (SSSR count). The maximum absolute atomic E-state index is 14.2. The number of rotatable bonds is 15. The van der Waals surface area contributed by atoms with Crippen molar-refractivity contribution in [2.45, 2.75) is 42.3 Å². The van der Waals surface area contributed by atoms with Crippen molar-refractivity contribution in [2.75, 3.05) is 19.0 Å². The molecular weight excluding hydrogens is 705 g/mol. The highest BCUT2D eigenvalue weighted by Crippen LogP contribution is 2.31. The number of ether oxygens (including phenoxy) is 1. The highest BCUT2D eigenvalue weighted by Gasteiger charge is 2.35. The molecule has 3 aromatic heterocycles. The van der Waals surface area contributed by atoms with Gasteiger partial charge < -0.3 is 25.0 Å². The van der Waals surface area contributed by atoms with E-state index in [1.54, 1.807) is 36.0 Å². The lowest BCUT2D eigenvalue weighted by Gasteiger charge is -2.30. The number of amides is 2. The maximum atomic E-state index is 14.2. The number of nitrogens with zero attached hydrogens (tertiary/aromatic N) is 4. The van der Waals surface area contributed by atoms with Crippen LogP contribution in [0.25, 0.3) is 10.2 Å². The molecule has 2 amide bonds. The molecule has 0 saturated carbocycles. The summed E-state index contributed by atoms with van der Waals surface area (Å²) in [5.74, 6) is -1.10. The van der Waals surface area contributed by atoms with Crippen molar-refractivity contribution in [3.8, 4) is 0 Å². The second-order valence-corrected chi connectivity index (χ2v) is 14.6. The Balaban J connectivity index is 1.27. The third-order valence-electron chi connectivity index (χ3n) is 8.60. The fourth-order valence-electron chi connectivity index (χ4n) is 6.00. The van der Waals surface area contributed by atoms with Crippen molar-refractivity contribution in [2.24, 2.45) is 0 Å². The van der Waals surface area contributed by atoms with Crippen molar-refractivity contribution in [3.63, 3.8) is 0 Å². The second-order valence-electron chi connectivity index (χ2n) is 11.8. The van der Waals surface area contributed by atoms with Crippen LogP contribution in [0.1, 0.15) is 34.7 Å². The number of pyridine rings is 1. The summed E-state index contributed by atoms with van der Waals surface area (Å²) < 4.78 is 40.1. The van der Waals surface area contributed by atoms with Crippen LogP contribution in [0.2, 0.25) is 0 Å². The number of aromatic nitrogens is 3. The Bertz CT molecular complexity index is 2160. The van der Waals surface area contributed by atoms with Gasteiger partial charge in [0.1, 0.15) is 12.3 Å². The Morgan fingerprint density at radius 2 is 1.71 bits per heavy atom. The third-order valence-corrected chi connectivity index (χ3v) is 11.3. The van der Waals surface area contributed by atoms with Crippen LogP contribution < -0.4 is 10.6 Å². The van der Waals surface area contributed by atoms with Gasteiger partial charge in [-0.3, -0.25) is 9.78 Å². The van der Waals surface area contributed by atoms with Gasteiger partial charge in [-0.2, -0.15) is 4.31 Å². The zero-order valence-electron chi connectivity index (χ0n) is 28.0. The third kappa shape index (κ3) is 8.35. The largest absolute Gasteiger partial charge is 0.453 e. The zero-order valence-corrected chi connectivity index (χ0v) is 29.7. The van der Waals surface area contributed by atoms with Gasteiger partial charge in [-0.05, 0) is 54.3 Å². The number of anilines is 1. The predicted molar refractivity (Wildman–Crippen MR) is 195 cm³/mol. The van der Waals surface area contributed by atoms with Gasteiger partial charge in [0.25, 0.3) is 0 Å². The number of aliphatic hydroxyl groups is 1. The summed E-state index contributed by atoms with van der Waals surface area (Å²) in [4.78, 5) is 35.6. The quantitative estimate of drug-likeness (QED) is 0.124. The molecule has 15 heteroatoms. The minimum atomic E-state index is -4.14.